The number of anilines is 1. The maximum atomic E-state index is 12.3. The Morgan fingerprint density at radius 3 is 2.56 bits per heavy atom. The van der Waals surface area contributed by atoms with Gasteiger partial charge in [0.05, 0.1) is 11.3 Å². The summed E-state index contributed by atoms with van der Waals surface area (Å²) in [6.07, 6.45) is 0. The van der Waals surface area contributed by atoms with Crippen molar-refractivity contribution in [1.82, 2.24) is 5.32 Å². The van der Waals surface area contributed by atoms with Gasteiger partial charge in [0.2, 0.25) is 0 Å². The highest BCUT2D eigenvalue weighted by atomic mass is 35.5. The highest BCUT2D eigenvalue weighted by molar-refractivity contribution is 6.31. The molecule has 0 fully saturated rings. The second-order valence-electron chi connectivity index (χ2n) is 6.43. The van der Waals surface area contributed by atoms with Crippen LogP contribution in [0.15, 0.2) is 47.6 Å². The second-order valence-corrected chi connectivity index (χ2v) is 6.84. The largest absolute Gasteiger partial charge is 0.411 e. The van der Waals surface area contributed by atoms with Crippen LogP contribution in [0.5, 0.6) is 0 Å². The quantitative estimate of drug-likeness (QED) is 0.412. The molecular formula is C19H22ClN3O2. The number of carbonyl (C=O) groups excluding carboxylic acids is 1. The number of amides is 2. The number of benzene rings is 2. The van der Waals surface area contributed by atoms with Gasteiger partial charge in [0, 0.05) is 10.7 Å². The van der Waals surface area contributed by atoms with Crippen molar-refractivity contribution < 1.29 is 10.0 Å². The summed E-state index contributed by atoms with van der Waals surface area (Å²) >= 11 is 6.08. The molecule has 25 heavy (non-hydrogen) atoms. The Labute approximate surface area is 152 Å². The SMILES string of the molecule is C/C(=N\O)c1cccc(C(C)(C)NC(=O)Nc2ccc(C)c(Cl)c2)c1. The third kappa shape index (κ3) is 4.73. The average Bonchev–Trinajstić information content (AvgIpc) is 2.57. The van der Waals surface area contributed by atoms with E-state index < -0.39 is 5.54 Å². The minimum absolute atomic E-state index is 0.331. The number of carbonyl (C=O) groups is 1. The number of hydrogen-bond acceptors (Lipinski definition) is 3. The third-order valence-corrected chi connectivity index (χ3v) is 4.41. The van der Waals surface area contributed by atoms with Gasteiger partial charge >= 0.3 is 6.03 Å². The highest BCUT2D eigenvalue weighted by Crippen LogP contribution is 2.23. The van der Waals surface area contributed by atoms with Crippen LogP contribution < -0.4 is 10.6 Å². The first-order chi connectivity index (χ1) is 11.7. The van der Waals surface area contributed by atoms with Crippen LogP contribution in [0.2, 0.25) is 5.02 Å². The molecule has 0 saturated carbocycles. The molecule has 0 spiro atoms. The van der Waals surface area contributed by atoms with E-state index >= 15 is 0 Å². The van der Waals surface area contributed by atoms with Crippen LogP contribution in [0, 0.1) is 6.92 Å². The summed E-state index contributed by atoms with van der Waals surface area (Å²) in [5.74, 6) is 0. The lowest BCUT2D eigenvalue weighted by Crippen LogP contribution is -2.43. The van der Waals surface area contributed by atoms with Crippen LogP contribution in [0.1, 0.15) is 37.5 Å². The Morgan fingerprint density at radius 1 is 1.20 bits per heavy atom. The lowest BCUT2D eigenvalue weighted by Gasteiger charge is -2.27. The van der Waals surface area contributed by atoms with E-state index in [-0.39, 0.29) is 6.03 Å². The number of rotatable bonds is 4. The van der Waals surface area contributed by atoms with Crippen LogP contribution >= 0.6 is 11.6 Å². The third-order valence-electron chi connectivity index (χ3n) is 4.01. The second kappa shape index (κ2) is 7.57. The van der Waals surface area contributed by atoms with Gasteiger partial charge in [-0.1, -0.05) is 41.0 Å². The van der Waals surface area contributed by atoms with Gasteiger partial charge in [-0.2, -0.15) is 0 Å². The van der Waals surface area contributed by atoms with Crippen LogP contribution in [0.25, 0.3) is 0 Å². The highest BCUT2D eigenvalue weighted by Gasteiger charge is 2.23. The summed E-state index contributed by atoms with van der Waals surface area (Å²) in [7, 11) is 0. The molecule has 3 N–H and O–H groups in total. The summed E-state index contributed by atoms with van der Waals surface area (Å²) < 4.78 is 0. The van der Waals surface area contributed by atoms with Gasteiger partial charge in [0.25, 0.3) is 0 Å². The number of nitrogens with one attached hydrogen (secondary N) is 2. The Kier molecular flexibility index (Phi) is 5.69. The normalized spacial score (nSPS) is 12.0. The van der Waals surface area contributed by atoms with Gasteiger partial charge in [-0.15, -0.1) is 0 Å². The fourth-order valence-corrected chi connectivity index (χ4v) is 2.56. The molecule has 2 aromatic rings. The van der Waals surface area contributed by atoms with Crippen molar-refractivity contribution in [3.63, 3.8) is 0 Å². The van der Waals surface area contributed by atoms with Gasteiger partial charge in [-0.25, -0.2) is 4.79 Å². The predicted octanol–water partition coefficient (Wildman–Crippen LogP) is 4.90. The first-order valence-corrected chi connectivity index (χ1v) is 8.25. The zero-order valence-corrected chi connectivity index (χ0v) is 15.5. The molecule has 0 heterocycles. The zero-order chi connectivity index (χ0) is 18.6. The summed E-state index contributed by atoms with van der Waals surface area (Å²) in [6, 6.07) is 12.5. The Hall–Kier alpha value is -2.53. The molecule has 0 atom stereocenters. The molecule has 2 aromatic carbocycles. The number of halogens is 1. The number of oxime groups is 1. The summed E-state index contributed by atoms with van der Waals surface area (Å²) in [4.78, 5) is 12.3. The maximum absolute atomic E-state index is 12.3. The summed E-state index contributed by atoms with van der Waals surface area (Å²) in [5, 5.41) is 18.5. The van der Waals surface area contributed by atoms with Crippen LogP contribution in [-0.2, 0) is 5.54 Å². The molecule has 0 aromatic heterocycles. The van der Waals surface area contributed by atoms with E-state index in [1.165, 1.54) is 0 Å². The fourth-order valence-electron chi connectivity index (χ4n) is 2.38. The van der Waals surface area contributed by atoms with Gasteiger partial charge in [-0.05, 0) is 62.6 Å². The van der Waals surface area contributed by atoms with E-state index in [4.69, 9.17) is 16.8 Å². The van der Waals surface area contributed by atoms with Crippen LogP contribution in [-0.4, -0.2) is 17.0 Å². The first kappa shape index (κ1) is 18.8. The van der Waals surface area contributed by atoms with Crippen LogP contribution in [0.3, 0.4) is 0 Å². The topological polar surface area (TPSA) is 73.7 Å². The molecule has 5 nitrogen and oxygen atoms in total. The number of nitrogens with zero attached hydrogens (tertiary/aromatic N) is 1. The molecule has 0 bridgehead atoms. The molecule has 0 aliphatic carbocycles. The molecule has 0 saturated heterocycles. The van der Waals surface area contributed by atoms with Crippen molar-refractivity contribution >= 4 is 29.0 Å². The monoisotopic (exact) mass is 359 g/mol. The minimum atomic E-state index is -0.621. The van der Waals surface area contributed by atoms with E-state index in [1.807, 2.05) is 51.1 Å². The number of aryl methyl sites for hydroxylation is 1. The van der Waals surface area contributed by atoms with Crippen LogP contribution in [0.4, 0.5) is 10.5 Å². The van der Waals surface area contributed by atoms with Crippen molar-refractivity contribution in [3.8, 4) is 0 Å². The van der Waals surface area contributed by atoms with E-state index in [0.29, 0.717) is 16.4 Å². The molecule has 0 aliphatic heterocycles. The van der Waals surface area contributed by atoms with Gasteiger partial charge in [0.1, 0.15) is 0 Å². The zero-order valence-electron chi connectivity index (χ0n) is 14.7. The molecule has 6 heteroatoms. The number of urea groups is 1. The van der Waals surface area contributed by atoms with Crippen molar-refractivity contribution in [2.45, 2.75) is 33.2 Å². The van der Waals surface area contributed by atoms with Gasteiger partial charge < -0.3 is 15.8 Å². The molecule has 0 aliphatic rings. The Morgan fingerprint density at radius 2 is 1.92 bits per heavy atom. The smallest absolute Gasteiger partial charge is 0.319 e. The molecular weight excluding hydrogens is 338 g/mol. The Bertz CT molecular complexity index is 816. The Balaban J connectivity index is 2.14. The van der Waals surface area contributed by atoms with E-state index in [1.54, 1.807) is 19.1 Å². The fraction of sp³-hybridized carbons (Fsp3) is 0.263. The standard InChI is InChI=1S/C19H22ClN3O2/c1-12-8-9-16(11-17(12)20)21-18(24)22-19(3,4)15-7-5-6-14(10-15)13(2)23-25/h5-11,25H,1-4H3,(H2,21,22,24)/b23-13+. The maximum Gasteiger partial charge on any atom is 0.319 e. The molecule has 0 radical (unpaired) electrons. The van der Waals surface area contributed by atoms with E-state index in [0.717, 1.165) is 16.7 Å². The number of hydrogen-bond donors (Lipinski definition) is 3. The average molecular weight is 360 g/mol. The molecule has 2 amide bonds. The molecule has 132 valence electrons. The first-order valence-electron chi connectivity index (χ1n) is 7.88. The minimum Gasteiger partial charge on any atom is -0.411 e. The van der Waals surface area contributed by atoms with Crippen molar-refractivity contribution in [3.05, 3.63) is 64.2 Å². The lowest BCUT2D eigenvalue weighted by atomic mass is 9.92. The molecule has 0 unspecified atom stereocenters. The van der Waals surface area contributed by atoms with E-state index in [2.05, 4.69) is 15.8 Å². The summed E-state index contributed by atoms with van der Waals surface area (Å²) in [6.45, 7) is 7.42. The molecule has 2 rings (SSSR count). The van der Waals surface area contributed by atoms with Crippen molar-refractivity contribution in [2.24, 2.45) is 5.16 Å². The predicted molar refractivity (Wildman–Crippen MR) is 102 cm³/mol. The van der Waals surface area contributed by atoms with Crippen molar-refractivity contribution in [1.29, 1.82) is 0 Å². The van der Waals surface area contributed by atoms with Gasteiger partial charge in [0.15, 0.2) is 0 Å². The summed E-state index contributed by atoms with van der Waals surface area (Å²) in [5.41, 5.74) is 3.15. The van der Waals surface area contributed by atoms with Crippen molar-refractivity contribution in [2.75, 3.05) is 5.32 Å². The van der Waals surface area contributed by atoms with Gasteiger partial charge in [-0.3, -0.25) is 0 Å². The lowest BCUT2D eigenvalue weighted by molar-refractivity contribution is 0.242. The van der Waals surface area contributed by atoms with E-state index in [9.17, 15) is 4.79 Å².